The highest BCUT2D eigenvalue weighted by Crippen LogP contribution is 2.46. The summed E-state index contributed by atoms with van der Waals surface area (Å²) >= 11 is 0. The van der Waals surface area contributed by atoms with Gasteiger partial charge in [-0.25, -0.2) is 13.4 Å². The second kappa shape index (κ2) is 9.93. The summed E-state index contributed by atoms with van der Waals surface area (Å²) in [5.74, 6) is -0.374. The van der Waals surface area contributed by atoms with E-state index in [0.29, 0.717) is 34.3 Å². The minimum Gasteiger partial charge on any atom is -0.438 e. The third-order valence-electron chi connectivity index (χ3n) is 6.52. The number of hydrogen-bond donors (Lipinski definition) is 1. The van der Waals surface area contributed by atoms with Gasteiger partial charge in [-0.1, -0.05) is 13.0 Å². The van der Waals surface area contributed by atoms with Crippen LogP contribution in [-0.4, -0.2) is 23.7 Å². The molecule has 0 aliphatic heterocycles. The zero-order valence-corrected chi connectivity index (χ0v) is 22.0. The number of nitrogens with zero attached hydrogens (tertiary/aromatic N) is 3. The molecule has 0 saturated heterocycles. The molecule has 7 nitrogen and oxygen atoms in total. The molecule has 0 unspecified atom stereocenters. The highest BCUT2D eigenvalue weighted by molar-refractivity contribution is 7.92. The molecule has 0 spiro atoms. The molecule has 0 atom stereocenters. The number of anilines is 1. The Hall–Kier alpha value is -4.04. The Labute approximate surface area is 223 Å². The fourth-order valence-electron chi connectivity index (χ4n) is 4.74. The van der Waals surface area contributed by atoms with Crippen LogP contribution in [0.2, 0.25) is 0 Å². The van der Waals surface area contributed by atoms with Crippen LogP contribution >= 0.6 is 0 Å². The number of fused-ring (bicyclic) bond motifs is 1. The highest BCUT2D eigenvalue weighted by atomic mass is 32.2. The minimum absolute atomic E-state index is 0.00959. The van der Waals surface area contributed by atoms with Crippen molar-refractivity contribution in [2.45, 2.75) is 45.3 Å². The maximum absolute atomic E-state index is 13.5. The molecule has 4 aromatic rings. The summed E-state index contributed by atoms with van der Waals surface area (Å²) in [5, 5.41) is 10.8. The van der Waals surface area contributed by atoms with E-state index in [-0.39, 0.29) is 17.5 Å². The maximum atomic E-state index is 13.5. The number of aromatic nitrogens is 2. The third-order valence-corrected chi connectivity index (χ3v) is 8.01. The van der Waals surface area contributed by atoms with Gasteiger partial charge in [0.25, 0.3) is 0 Å². The van der Waals surface area contributed by atoms with Gasteiger partial charge in [0.1, 0.15) is 17.4 Å². The Morgan fingerprint density at radius 2 is 1.95 bits per heavy atom. The SMILES string of the molecule is CCCS(=O)(=O)Nc1ccc(-c2c(C#N)c3ccc(Oc4ncccc4C(F)(F)F)cc3n2C2CC2)c(C)c1. The fourth-order valence-corrected chi connectivity index (χ4v) is 5.86. The maximum Gasteiger partial charge on any atom is 0.421 e. The molecule has 0 bridgehead atoms. The normalized spacial score (nSPS) is 13.8. The summed E-state index contributed by atoms with van der Waals surface area (Å²) in [5.41, 5.74) is 2.77. The molecular weight excluding hydrogens is 529 g/mol. The van der Waals surface area contributed by atoms with Gasteiger partial charge < -0.3 is 9.30 Å². The number of alkyl halides is 3. The lowest BCUT2D eigenvalue weighted by Crippen LogP contribution is -2.16. The molecule has 0 radical (unpaired) electrons. The van der Waals surface area contributed by atoms with E-state index in [1.54, 1.807) is 37.3 Å². The number of ether oxygens (including phenoxy) is 1. The van der Waals surface area contributed by atoms with E-state index in [9.17, 15) is 26.9 Å². The van der Waals surface area contributed by atoms with Crippen molar-refractivity contribution in [3.8, 4) is 29.0 Å². The smallest absolute Gasteiger partial charge is 0.421 e. The Kier molecular flexibility index (Phi) is 6.76. The minimum atomic E-state index is -4.63. The summed E-state index contributed by atoms with van der Waals surface area (Å²) in [4.78, 5) is 3.78. The van der Waals surface area contributed by atoms with Crippen LogP contribution in [0.5, 0.6) is 11.6 Å². The third kappa shape index (κ3) is 5.29. The lowest BCUT2D eigenvalue weighted by molar-refractivity contribution is -0.138. The van der Waals surface area contributed by atoms with Crippen LogP contribution in [-0.2, 0) is 16.2 Å². The van der Waals surface area contributed by atoms with E-state index in [1.807, 2.05) is 11.5 Å². The van der Waals surface area contributed by atoms with Crippen molar-refractivity contribution < 1.29 is 26.3 Å². The summed E-state index contributed by atoms with van der Waals surface area (Å²) < 4.78 is 75.1. The van der Waals surface area contributed by atoms with Gasteiger partial charge in [-0.15, -0.1) is 0 Å². The Morgan fingerprint density at radius 1 is 1.18 bits per heavy atom. The van der Waals surface area contributed by atoms with Gasteiger partial charge in [-0.2, -0.15) is 18.4 Å². The van der Waals surface area contributed by atoms with Gasteiger partial charge in [0.05, 0.1) is 22.5 Å². The molecule has 1 aliphatic carbocycles. The standard InChI is InChI=1S/C28H25F3N4O3S/c1-3-13-39(36,37)34-18-6-10-21(17(2)14-18)26-23(16-32)22-11-9-20(15-25(22)35(26)19-7-8-19)38-27-24(28(29,30)31)5-4-12-33-27/h4-6,9-12,14-15,19,34H,3,7-8,13H2,1-2H3. The Morgan fingerprint density at radius 3 is 2.59 bits per heavy atom. The molecule has 1 N–H and O–H groups in total. The molecular formula is C28H25F3N4O3S. The van der Waals surface area contributed by atoms with Crippen LogP contribution in [0.4, 0.5) is 18.9 Å². The molecule has 39 heavy (non-hydrogen) atoms. The molecule has 11 heteroatoms. The number of sulfonamides is 1. The monoisotopic (exact) mass is 554 g/mol. The van der Waals surface area contributed by atoms with Gasteiger partial charge in [0.15, 0.2) is 0 Å². The van der Waals surface area contributed by atoms with Gasteiger partial charge in [-0.3, -0.25) is 4.72 Å². The van der Waals surface area contributed by atoms with E-state index < -0.39 is 27.6 Å². The first-order chi connectivity index (χ1) is 18.5. The van der Waals surface area contributed by atoms with Crippen molar-refractivity contribution in [3.63, 3.8) is 0 Å². The van der Waals surface area contributed by atoms with Gasteiger partial charge in [0, 0.05) is 34.9 Å². The average Bonchev–Trinajstić information content (AvgIpc) is 3.65. The average molecular weight is 555 g/mol. The van der Waals surface area contributed by atoms with Crippen molar-refractivity contribution in [2.75, 3.05) is 10.5 Å². The quantitative estimate of drug-likeness (QED) is 0.249. The largest absolute Gasteiger partial charge is 0.438 e. The van der Waals surface area contributed by atoms with Crippen molar-refractivity contribution in [3.05, 3.63) is 71.4 Å². The van der Waals surface area contributed by atoms with Crippen LogP contribution in [0.25, 0.3) is 22.2 Å². The molecule has 2 heterocycles. The number of rotatable bonds is 8. The topological polar surface area (TPSA) is 97.0 Å². The predicted molar refractivity (Wildman–Crippen MR) is 142 cm³/mol. The highest BCUT2D eigenvalue weighted by Gasteiger charge is 2.36. The number of aryl methyl sites for hydroxylation is 1. The second-order valence-corrected chi connectivity index (χ2v) is 11.4. The second-order valence-electron chi connectivity index (χ2n) is 9.52. The number of nitriles is 1. The molecule has 1 aliphatic rings. The summed E-state index contributed by atoms with van der Waals surface area (Å²) in [6, 6.07) is 14.5. The molecule has 1 fully saturated rings. The van der Waals surface area contributed by atoms with Gasteiger partial charge >= 0.3 is 6.18 Å². The Balaban J connectivity index is 1.61. The number of benzene rings is 2. The van der Waals surface area contributed by atoms with E-state index >= 15 is 0 Å². The van der Waals surface area contributed by atoms with Crippen LogP contribution < -0.4 is 9.46 Å². The van der Waals surface area contributed by atoms with Crippen molar-refractivity contribution >= 4 is 26.6 Å². The number of pyridine rings is 1. The summed E-state index contributed by atoms with van der Waals surface area (Å²) in [7, 11) is -3.46. The van der Waals surface area contributed by atoms with E-state index in [4.69, 9.17) is 4.74 Å². The fraction of sp³-hybridized carbons (Fsp3) is 0.286. The zero-order valence-electron chi connectivity index (χ0n) is 21.2. The van der Waals surface area contributed by atoms with E-state index in [2.05, 4.69) is 15.8 Å². The molecule has 0 amide bonds. The lowest BCUT2D eigenvalue weighted by atomic mass is 10.0. The molecule has 2 aromatic carbocycles. The van der Waals surface area contributed by atoms with Crippen LogP contribution in [0, 0.1) is 18.3 Å². The summed E-state index contributed by atoms with van der Waals surface area (Å²) in [6.45, 7) is 3.63. The number of halogens is 3. The Bertz CT molecular complexity index is 1720. The van der Waals surface area contributed by atoms with Crippen LogP contribution in [0.1, 0.15) is 48.9 Å². The predicted octanol–water partition coefficient (Wildman–Crippen LogP) is 7.18. The van der Waals surface area contributed by atoms with Crippen molar-refractivity contribution in [1.82, 2.24) is 9.55 Å². The molecule has 1 saturated carbocycles. The van der Waals surface area contributed by atoms with Crippen molar-refractivity contribution in [2.24, 2.45) is 0 Å². The number of hydrogen-bond acceptors (Lipinski definition) is 5. The zero-order chi connectivity index (χ0) is 27.9. The van der Waals surface area contributed by atoms with Crippen LogP contribution in [0.15, 0.2) is 54.7 Å². The van der Waals surface area contributed by atoms with Crippen molar-refractivity contribution in [1.29, 1.82) is 5.26 Å². The first kappa shape index (κ1) is 26.6. The van der Waals surface area contributed by atoms with Gasteiger partial charge in [0.2, 0.25) is 15.9 Å². The molecule has 202 valence electrons. The van der Waals surface area contributed by atoms with E-state index in [1.165, 1.54) is 18.3 Å². The van der Waals surface area contributed by atoms with Crippen LogP contribution in [0.3, 0.4) is 0 Å². The van der Waals surface area contributed by atoms with E-state index in [0.717, 1.165) is 30.0 Å². The first-order valence-electron chi connectivity index (χ1n) is 12.4. The lowest BCUT2D eigenvalue weighted by Gasteiger charge is -2.15. The first-order valence-corrected chi connectivity index (χ1v) is 14.1. The van der Waals surface area contributed by atoms with Gasteiger partial charge in [-0.05, 0) is 68.1 Å². The molecule has 5 rings (SSSR count). The number of nitrogens with one attached hydrogen (secondary N) is 1. The molecule has 2 aromatic heterocycles. The summed E-state index contributed by atoms with van der Waals surface area (Å²) in [6.07, 6.45) is -1.13.